The Morgan fingerprint density at radius 3 is 2.33 bits per heavy atom. The predicted molar refractivity (Wildman–Crippen MR) is 81.5 cm³/mol. The van der Waals surface area contributed by atoms with E-state index in [1.165, 1.54) is 23.0 Å². The molecule has 2 fully saturated rings. The first-order valence-electron chi connectivity index (χ1n) is 6.99. The molecule has 0 radical (unpaired) electrons. The summed E-state index contributed by atoms with van der Waals surface area (Å²) >= 11 is 4.15. The largest absolute Gasteiger partial charge is 0.343 e. The van der Waals surface area contributed by atoms with Crippen LogP contribution in [0.15, 0.2) is 0 Å². The molecule has 2 aliphatic heterocycles. The van der Waals surface area contributed by atoms with E-state index in [1.54, 1.807) is 0 Å². The van der Waals surface area contributed by atoms with Gasteiger partial charge in [-0.05, 0) is 12.8 Å². The molecular weight excluding hydrogens is 264 g/mol. The molecule has 2 heterocycles. The van der Waals surface area contributed by atoms with Crippen molar-refractivity contribution in [3.05, 3.63) is 0 Å². The van der Waals surface area contributed by atoms with Gasteiger partial charge in [0.05, 0.1) is 0 Å². The first-order valence-corrected chi connectivity index (χ1v) is 9.30. The molecule has 2 aliphatic rings. The van der Waals surface area contributed by atoms with Crippen molar-refractivity contribution in [3.63, 3.8) is 0 Å². The summed E-state index contributed by atoms with van der Waals surface area (Å²) in [6.45, 7) is 3.83. The first kappa shape index (κ1) is 14.5. The molecule has 0 aromatic rings. The first-order chi connectivity index (χ1) is 8.79. The number of rotatable bonds is 3. The van der Waals surface area contributed by atoms with Gasteiger partial charge in [-0.1, -0.05) is 6.92 Å². The second-order valence-electron chi connectivity index (χ2n) is 5.02. The zero-order valence-corrected chi connectivity index (χ0v) is 12.8. The van der Waals surface area contributed by atoms with Crippen molar-refractivity contribution in [1.82, 2.24) is 10.2 Å². The third-order valence-electron chi connectivity index (χ3n) is 3.63. The summed E-state index contributed by atoms with van der Waals surface area (Å²) in [6, 6.07) is 1.29. The van der Waals surface area contributed by atoms with E-state index in [-0.39, 0.29) is 0 Å². The Kier molecular flexibility index (Phi) is 6.18. The summed E-state index contributed by atoms with van der Waals surface area (Å²) < 4.78 is 0. The summed E-state index contributed by atoms with van der Waals surface area (Å²) in [7, 11) is 0. The van der Waals surface area contributed by atoms with E-state index in [9.17, 15) is 4.79 Å². The van der Waals surface area contributed by atoms with Gasteiger partial charge in [-0.25, -0.2) is 0 Å². The number of thioether (sulfide) groups is 2. The zero-order chi connectivity index (χ0) is 12.8. The Labute approximate surface area is 119 Å². The van der Waals surface area contributed by atoms with Crippen molar-refractivity contribution < 1.29 is 4.79 Å². The highest BCUT2D eigenvalue weighted by Gasteiger charge is 2.24. The second kappa shape index (κ2) is 7.65. The third kappa shape index (κ3) is 4.35. The lowest BCUT2D eigenvalue weighted by Gasteiger charge is -2.34. The Morgan fingerprint density at radius 2 is 1.78 bits per heavy atom. The van der Waals surface area contributed by atoms with Gasteiger partial charge >= 0.3 is 0 Å². The van der Waals surface area contributed by atoms with E-state index >= 15 is 0 Å². The molecule has 0 aromatic carbocycles. The van der Waals surface area contributed by atoms with Crippen LogP contribution in [0.3, 0.4) is 0 Å². The van der Waals surface area contributed by atoms with Crippen molar-refractivity contribution >= 4 is 29.4 Å². The monoisotopic (exact) mass is 288 g/mol. The maximum absolute atomic E-state index is 11.6. The molecular formula is C13H24N2OS2. The van der Waals surface area contributed by atoms with Crippen LogP contribution in [0.5, 0.6) is 0 Å². The lowest BCUT2D eigenvalue weighted by molar-refractivity contribution is -0.131. The molecule has 0 spiro atoms. The zero-order valence-electron chi connectivity index (χ0n) is 11.2. The average Bonchev–Trinajstić information content (AvgIpc) is 2.67. The molecule has 0 aromatic heterocycles. The maximum Gasteiger partial charge on any atom is 0.222 e. The molecule has 0 aliphatic carbocycles. The van der Waals surface area contributed by atoms with Crippen molar-refractivity contribution in [2.75, 3.05) is 36.1 Å². The number of amides is 1. The van der Waals surface area contributed by atoms with Gasteiger partial charge in [-0.15, -0.1) is 0 Å². The molecule has 0 bridgehead atoms. The maximum atomic E-state index is 11.6. The van der Waals surface area contributed by atoms with Gasteiger partial charge in [0, 0.05) is 54.6 Å². The SMILES string of the molecule is CCC(=O)N1CCC(NC2CSCCSC2)CC1. The second-order valence-corrected chi connectivity index (χ2v) is 7.32. The number of hydrogen-bond donors (Lipinski definition) is 1. The number of likely N-dealkylation sites (tertiary alicyclic amines) is 1. The molecule has 1 N–H and O–H groups in total. The van der Waals surface area contributed by atoms with Crippen LogP contribution in [0.4, 0.5) is 0 Å². The van der Waals surface area contributed by atoms with Crippen LogP contribution in [0.25, 0.3) is 0 Å². The summed E-state index contributed by atoms with van der Waals surface area (Å²) in [5.74, 6) is 5.41. The van der Waals surface area contributed by atoms with E-state index in [2.05, 4.69) is 28.8 Å². The average molecular weight is 288 g/mol. The predicted octanol–water partition coefficient (Wildman–Crippen LogP) is 1.83. The Bertz CT molecular complexity index is 260. The number of carbonyl (C=O) groups is 1. The van der Waals surface area contributed by atoms with Crippen LogP contribution < -0.4 is 5.32 Å². The molecule has 18 heavy (non-hydrogen) atoms. The van der Waals surface area contributed by atoms with Gasteiger partial charge in [0.1, 0.15) is 0 Å². The van der Waals surface area contributed by atoms with Gasteiger partial charge in [-0.3, -0.25) is 4.79 Å². The van der Waals surface area contributed by atoms with Crippen molar-refractivity contribution in [3.8, 4) is 0 Å². The Balaban J connectivity index is 1.71. The fraction of sp³-hybridized carbons (Fsp3) is 0.923. The lowest BCUT2D eigenvalue weighted by Crippen LogP contribution is -2.48. The minimum absolute atomic E-state index is 0.314. The number of nitrogens with zero attached hydrogens (tertiary/aromatic N) is 1. The lowest BCUT2D eigenvalue weighted by atomic mass is 10.0. The quantitative estimate of drug-likeness (QED) is 0.859. The number of carbonyl (C=O) groups excluding carboxylic acids is 1. The van der Waals surface area contributed by atoms with Gasteiger partial charge < -0.3 is 10.2 Å². The fourth-order valence-corrected chi connectivity index (χ4v) is 4.99. The van der Waals surface area contributed by atoms with Crippen LogP contribution in [0.2, 0.25) is 0 Å². The van der Waals surface area contributed by atoms with E-state index < -0.39 is 0 Å². The molecule has 1 amide bonds. The molecule has 2 rings (SSSR count). The smallest absolute Gasteiger partial charge is 0.222 e. The molecule has 0 saturated carbocycles. The minimum atomic E-state index is 0.314. The summed E-state index contributed by atoms with van der Waals surface area (Å²) in [5, 5.41) is 3.80. The van der Waals surface area contributed by atoms with E-state index in [4.69, 9.17) is 0 Å². The van der Waals surface area contributed by atoms with Crippen LogP contribution in [-0.4, -0.2) is 59.0 Å². The summed E-state index contributed by atoms with van der Waals surface area (Å²) in [5.41, 5.74) is 0. The van der Waals surface area contributed by atoms with E-state index in [0.29, 0.717) is 24.4 Å². The minimum Gasteiger partial charge on any atom is -0.343 e. The normalized spacial score (nSPS) is 23.9. The number of nitrogens with one attached hydrogen (secondary N) is 1. The highest BCUT2D eigenvalue weighted by atomic mass is 32.2. The van der Waals surface area contributed by atoms with E-state index in [1.807, 2.05) is 11.8 Å². The van der Waals surface area contributed by atoms with Gasteiger partial charge in [0.2, 0.25) is 5.91 Å². The highest BCUT2D eigenvalue weighted by Crippen LogP contribution is 2.19. The number of piperidine rings is 1. The fourth-order valence-electron chi connectivity index (χ4n) is 2.57. The van der Waals surface area contributed by atoms with Crippen LogP contribution in [0, 0.1) is 0 Å². The van der Waals surface area contributed by atoms with E-state index in [0.717, 1.165) is 25.9 Å². The molecule has 2 saturated heterocycles. The van der Waals surface area contributed by atoms with Gasteiger partial charge in [-0.2, -0.15) is 23.5 Å². The van der Waals surface area contributed by atoms with Gasteiger partial charge in [0.25, 0.3) is 0 Å². The van der Waals surface area contributed by atoms with Crippen LogP contribution in [-0.2, 0) is 4.79 Å². The molecule has 0 atom stereocenters. The summed E-state index contributed by atoms with van der Waals surface area (Å²) in [4.78, 5) is 13.6. The Hall–Kier alpha value is 0.130. The molecule has 0 unspecified atom stereocenters. The summed E-state index contributed by atoms with van der Waals surface area (Å²) in [6.07, 6.45) is 2.89. The molecule has 104 valence electrons. The standard InChI is InChI=1S/C13H24N2OS2/c1-2-13(16)15-5-3-11(4-6-15)14-12-9-17-7-8-18-10-12/h11-12,14H,2-10H2,1H3. The van der Waals surface area contributed by atoms with Crippen LogP contribution in [0.1, 0.15) is 26.2 Å². The Morgan fingerprint density at radius 1 is 1.17 bits per heavy atom. The van der Waals surface area contributed by atoms with Crippen molar-refractivity contribution in [1.29, 1.82) is 0 Å². The molecule has 3 nitrogen and oxygen atoms in total. The van der Waals surface area contributed by atoms with Crippen molar-refractivity contribution in [2.45, 2.75) is 38.3 Å². The molecule has 5 heteroatoms. The number of hydrogen-bond acceptors (Lipinski definition) is 4. The van der Waals surface area contributed by atoms with Gasteiger partial charge in [0.15, 0.2) is 0 Å². The topological polar surface area (TPSA) is 32.3 Å². The van der Waals surface area contributed by atoms with Crippen LogP contribution >= 0.6 is 23.5 Å². The third-order valence-corrected chi connectivity index (χ3v) is 6.15. The highest BCUT2D eigenvalue weighted by molar-refractivity contribution is 8.03. The van der Waals surface area contributed by atoms with Crippen molar-refractivity contribution in [2.24, 2.45) is 0 Å².